The molecule has 54 valence electrons. The number of aldehydes is 1. The molecule has 0 radical (unpaired) electrons. The molecule has 0 N–H and O–H groups in total. The summed E-state index contributed by atoms with van der Waals surface area (Å²) in [5, 5.41) is 0. The van der Waals surface area contributed by atoms with Crippen LogP contribution in [0, 0.1) is 0 Å². The van der Waals surface area contributed by atoms with Crippen LogP contribution in [0.25, 0.3) is 0 Å². The molecule has 0 aromatic heterocycles. The summed E-state index contributed by atoms with van der Waals surface area (Å²) >= 11 is 0. The van der Waals surface area contributed by atoms with Gasteiger partial charge in [0.05, 0.1) is 0 Å². The minimum absolute atomic E-state index is 0.167. The van der Waals surface area contributed by atoms with Crippen LogP contribution in [0.15, 0.2) is 0 Å². The van der Waals surface area contributed by atoms with Crippen molar-refractivity contribution in [1.82, 2.24) is 0 Å². The highest BCUT2D eigenvalue weighted by Crippen LogP contribution is 2.31. The summed E-state index contributed by atoms with van der Waals surface area (Å²) in [6.07, 6.45) is -5.86. The van der Waals surface area contributed by atoms with Crippen LogP contribution in [0.4, 0.5) is 17.6 Å². The fraction of sp³-hybridized carbons (Fsp3) is 0.750. The van der Waals surface area contributed by atoms with E-state index in [4.69, 9.17) is 0 Å². The zero-order valence-corrected chi connectivity index (χ0v) is 4.50. The molecule has 9 heavy (non-hydrogen) atoms. The number of carbonyl (C=O) groups excluding carboxylic acids is 1. The van der Waals surface area contributed by atoms with Gasteiger partial charge in [0.1, 0.15) is 0 Å². The van der Waals surface area contributed by atoms with Crippen molar-refractivity contribution < 1.29 is 22.4 Å². The first-order valence-corrected chi connectivity index (χ1v) is 2.03. The molecule has 1 unspecified atom stereocenters. The Morgan fingerprint density at radius 3 is 1.56 bits per heavy atom. The van der Waals surface area contributed by atoms with Gasteiger partial charge in [-0.2, -0.15) is 13.2 Å². The van der Waals surface area contributed by atoms with Gasteiger partial charge in [0.25, 0.3) is 5.67 Å². The van der Waals surface area contributed by atoms with Crippen molar-refractivity contribution in [3.05, 3.63) is 0 Å². The van der Waals surface area contributed by atoms with Crippen LogP contribution >= 0.6 is 0 Å². The van der Waals surface area contributed by atoms with Crippen LogP contribution in [0.2, 0.25) is 0 Å². The Morgan fingerprint density at radius 2 is 1.56 bits per heavy atom. The first-order chi connectivity index (χ1) is 3.81. The van der Waals surface area contributed by atoms with Crippen molar-refractivity contribution in [2.45, 2.75) is 18.8 Å². The molecule has 0 amide bonds. The Kier molecular flexibility index (Phi) is 1.83. The molecule has 1 nitrogen and oxygen atoms in total. The van der Waals surface area contributed by atoms with Gasteiger partial charge in [0.15, 0.2) is 6.29 Å². The average Bonchev–Trinajstić information content (AvgIpc) is 1.64. The third kappa shape index (κ3) is 1.65. The number of rotatable bonds is 1. The molecule has 0 fully saturated rings. The quantitative estimate of drug-likeness (QED) is 0.402. The molecular weight excluding hydrogens is 140 g/mol. The van der Waals surface area contributed by atoms with Gasteiger partial charge in [0, 0.05) is 0 Å². The Balaban J connectivity index is 4.32. The Hall–Kier alpha value is -0.610. The van der Waals surface area contributed by atoms with Crippen LogP contribution < -0.4 is 0 Å². The minimum Gasteiger partial charge on any atom is -0.299 e. The maximum absolute atomic E-state index is 11.8. The summed E-state index contributed by atoms with van der Waals surface area (Å²) < 4.78 is 45.5. The maximum Gasteiger partial charge on any atom is 0.429 e. The lowest BCUT2D eigenvalue weighted by atomic mass is 10.1. The van der Waals surface area contributed by atoms with Gasteiger partial charge in [-0.3, -0.25) is 4.79 Å². The predicted octanol–water partition coefficient (Wildman–Crippen LogP) is 1.48. The second kappa shape index (κ2) is 1.97. The van der Waals surface area contributed by atoms with Crippen molar-refractivity contribution >= 4 is 6.29 Å². The monoisotopic (exact) mass is 144 g/mol. The molecule has 0 bridgehead atoms. The van der Waals surface area contributed by atoms with E-state index < -0.39 is 18.1 Å². The highest BCUT2D eigenvalue weighted by molar-refractivity contribution is 5.62. The van der Waals surface area contributed by atoms with Gasteiger partial charge in [-0.25, -0.2) is 4.39 Å². The highest BCUT2D eigenvalue weighted by atomic mass is 19.4. The molecule has 0 aromatic carbocycles. The molecule has 0 rings (SSSR count). The number of halogens is 4. The topological polar surface area (TPSA) is 17.1 Å². The fourth-order valence-corrected chi connectivity index (χ4v) is 0.0668. The first-order valence-electron chi connectivity index (χ1n) is 2.03. The maximum atomic E-state index is 11.8. The van der Waals surface area contributed by atoms with E-state index in [-0.39, 0.29) is 6.92 Å². The summed E-state index contributed by atoms with van der Waals surface area (Å²) in [6.45, 7) is 0.167. The van der Waals surface area contributed by atoms with E-state index >= 15 is 0 Å². The van der Waals surface area contributed by atoms with Crippen LogP contribution in [-0.4, -0.2) is 18.1 Å². The number of hydrogen-bond acceptors (Lipinski definition) is 1. The molecule has 0 aliphatic rings. The van der Waals surface area contributed by atoms with Crippen molar-refractivity contribution in [2.24, 2.45) is 0 Å². The third-order valence-electron chi connectivity index (χ3n) is 0.776. The molecule has 0 heterocycles. The fourth-order valence-electron chi connectivity index (χ4n) is 0.0668. The molecule has 0 aliphatic heterocycles. The van der Waals surface area contributed by atoms with Crippen molar-refractivity contribution in [1.29, 1.82) is 0 Å². The van der Waals surface area contributed by atoms with E-state index in [1.54, 1.807) is 0 Å². The summed E-state index contributed by atoms with van der Waals surface area (Å²) in [7, 11) is 0. The Bertz CT molecular complexity index is 114. The zero-order valence-electron chi connectivity index (χ0n) is 4.50. The largest absolute Gasteiger partial charge is 0.429 e. The summed E-state index contributed by atoms with van der Waals surface area (Å²) in [6, 6.07) is 0. The van der Waals surface area contributed by atoms with E-state index in [1.165, 1.54) is 0 Å². The Labute approximate surface area is 48.7 Å². The van der Waals surface area contributed by atoms with Crippen LogP contribution in [-0.2, 0) is 4.79 Å². The highest BCUT2D eigenvalue weighted by Gasteiger charge is 2.52. The van der Waals surface area contributed by atoms with Crippen molar-refractivity contribution in [2.75, 3.05) is 0 Å². The molecule has 0 saturated carbocycles. The second-order valence-corrected chi connectivity index (χ2v) is 1.69. The van der Waals surface area contributed by atoms with Crippen LogP contribution in [0.5, 0.6) is 0 Å². The number of hydrogen-bond donors (Lipinski definition) is 0. The normalized spacial score (nSPS) is 18.8. The predicted molar refractivity (Wildman–Crippen MR) is 21.6 cm³/mol. The summed E-state index contributed by atoms with van der Waals surface area (Å²) in [5.74, 6) is 0. The molecular formula is C4H4F4O. The Morgan fingerprint density at radius 1 is 1.22 bits per heavy atom. The molecule has 1 atom stereocenters. The van der Waals surface area contributed by atoms with Gasteiger partial charge < -0.3 is 0 Å². The van der Waals surface area contributed by atoms with Gasteiger partial charge >= 0.3 is 6.18 Å². The molecule has 0 spiro atoms. The third-order valence-corrected chi connectivity index (χ3v) is 0.776. The first kappa shape index (κ1) is 8.39. The summed E-state index contributed by atoms with van der Waals surface area (Å²) in [4.78, 5) is 9.38. The zero-order chi connectivity index (χ0) is 7.71. The smallest absolute Gasteiger partial charge is 0.299 e. The lowest BCUT2D eigenvalue weighted by molar-refractivity contribution is -0.213. The van der Waals surface area contributed by atoms with E-state index in [1.807, 2.05) is 0 Å². The number of carbonyl (C=O) groups is 1. The molecule has 0 aliphatic carbocycles. The van der Waals surface area contributed by atoms with Crippen LogP contribution in [0.1, 0.15) is 6.92 Å². The van der Waals surface area contributed by atoms with Crippen LogP contribution in [0.3, 0.4) is 0 Å². The molecule has 5 heteroatoms. The van der Waals surface area contributed by atoms with E-state index in [2.05, 4.69) is 0 Å². The standard InChI is InChI=1S/C4H4F4O/c1-3(5,2-9)4(6,7)8/h2H,1H3. The van der Waals surface area contributed by atoms with E-state index in [9.17, 15) is 22.4 Å². The average molecular weight is 144 g/mol. The van der Waals surface area contributed by atoms with Gasteiger partial charge in [0.2, 0.25) is 0 Å². The van der Waals surface area contributed by atoms with E-state index in [0.29, 0.717) is 0 Å². The lowest BCUT2D eigenvalue weighted by Crippen LogP contribution is -2.39. The number of alkyl halides is 4. The van der Waals surface area contributed by atoms with Gasteiger partial charge in [-0.05, 0) is 6.92 Å². The SMILES string of the molecule is CC(F)(C=O)C(F)(F)F. The van der Waals surface area contributed by atoms with E-state index in [0.717, 1.165) is 0 Å². The lowest BCUT2D eigenvalue weighted by Gasteiger charge is -2.15. The summed E-state index contributed by atoms with van der Waals surface area (Å²) in [5.41, 5.74) is -3.70. The van der Waals surface area contributed by atoms with Gasteiger partial charge in [-0.1, -0.05) is 0 Å². The molecule has 0 saturated heterocycles. The second-order valence-electron chi connectivity index (χ2n) is 1.69. The minimum atomic E-state index is -5.09. The molecule has 0 aromatic rings. The van der Waals surface area contributed by atoms with Crippen molar-refractivity contribution in [3.63, 3.8) is 0 Å². The van der Waals surface area contributed by atoms with Crippen molar-refractivity contribution in [3.8, 4) is 0 Å². The van der Waals surface area contributed by atoms with Gasteiger partial charge in [-0.15, -0.1) is 0 Å².